The summed E-state index contributed by atoms with van der Waals surface area (Å²) in [4.78, 5) is 40.9. The molecule has 0 bridgehead atoms. The zero-order valence-corrected chi connectivity index (χ0v) is 26.6. The number of hydrogen-bond acceptors (Lipinski definition) is 9. The molecule has 0 amide bonds. The van der Waals surface area contributed by atoms with Crippen LogP contribution in [0.2, 0.25) is 0 Å². The molecule has 3 aliphatic rings. The molecule has 0 saturated carbocycles. The summed E-state index contributed by atoms with van der Waals surface area (Å²) in [5.74, 6) is 1.48. The third-order valence-electron chi connectivity index (χ3n) is 9.89. The molecule has 8 rings (SSSR count). The first-order valence-corrected chi connectivity index (χ1v) is 16.2. The minimum absolute atomic E-state index is 0.193. The van der Waals surface area contributed by atoms with Crippen molar-refractivity contribution in [3.63, 3.8) is 0 Å². The van der Waals surface area contributed by atoms with Gasteiger partial charge in [-0.3, -0.25) is 19.1 Å². The number of piperazine rings is 1. The molecule has 0 spiro atoms. The van der Waals surface area contributed by atoms with Crippen LogP contribution < -0.4 is 21.3 Å². The second kappa shape index (κ2) is 11.8. The highest BCUT2D eigenvalue weighted by Crippen LogP contribution is 2.31. The van der Waals surface area contributed by atoms with Crippen LogP contribution in [-0.2, 0) is 31.2 Å². The van der Waals surface area contributed by atoms with Gasteiger partial charge in [-0.1, -0.05) is 6.92 Å². The van der Waals surface area contributed by atoms with Crippen LogP contribution in [0.5, 0.6) is 0 Å². The second-order valence-electron chi connectivity index (χ2n) is 13.0. The summed E-state index contributed by atoms with van der Waals surface area (Å²) in [6, 6.07) is 9.99. The van der Waals surface area contributed by atoms with Crippen LogP contribution in [0.4, 0.5) is 17.2 Å². The zero-order chi connectivity index (χ0) is 32.2. The van der Waals surface area contributed by atoms with Crippen molar-refractivity contribution >= 4 is 22.7 Å². The van der Waals surface area contributed by atoms with E-state index in [1.165, 1.54) is 20.4 Å². The van der Waals surface area contributed by atoms with Gasteiger partial charge in [-0.2, -0.15) is 0 Å². The van der Waals surface area contributed by atoms with E-state index in [-0.39, 0.29) is 17.7 Å². The minimum Gasteiger partial charge on any atom is -0.392 e. The van der Waals surface area contributed by atoms with Crippen molar-refractivity contribution in [2.75, 3.05) is 49.6 Å². The summed E-state index contributed by atoms with van der Waals surface area (Å²) in [7, 11) is 1.69. The van der Waals surface area contributed by atoms with Crippen LogP contribution in [0.3, 0.4) is 0 Å². The molecule has 242 valence electrons. The molecule has 0 aromatic carbocycles. The van der Waals surface area contributed by atoms with E-state index in [1.807, 2.05) is 35.0 Å². The van der Waals surface area contributed by atoms with E-state index in [4.69, 9.17) is 4.74 Å². The summed E-state index contributed by atoms with van der Waals surface area (Å²) < 4.78 is 10.3. The lowest BCUT2D eigenvalue weighted by Gasteiger charge is -2.43. The maximum atomic E-state index is 13.7. The fourth-order valence-electron chi connectivity index (χ4n) is 7.26. The van der Waals surface area contributed by atoms with E-state index in [9.17, 15) is 14.7 Å². The van der Waals surface area contributed by atoms with E-state index < -0.39 is 0 Å². The lowest BCUT2D eigenvalue weighted by Crippen LogP contribution is -2.56. The number of pyridine rings is 3. The number of aromatic nitrogens is 5. The van der Waals surface area contributed by atoms with E-state index in [1.54, 1.807) is 37.8 Å². The van der Waals surface area contributed by atoms with Gasteiger partial charge in [-0.05, 0) is 60.2 Å². The molecule has 1 atom stereocenters. The molecule has 12 nitrogen and oxygen atoms in total. The molecular formula is C35H38N8O4. The monoisotopic (exact) mass is 634 g/mol. The molecular weight excluding hydrogens is 596 g/mol. The van der Waals surface area contributed by atoms with E-state index >= 15 is 0 Å². The number of nitrogens with one attached hydrogen (secondary N) is 1. The Labute approximate surface area is 271 Å². The third-order valence-corrected chi connectivity index (χ3v) is 9.89. The number of hydrogen-bond donors (Lipinski definition) is 2. The van der Waals surface area contributed by atoms with Crippen molar-refractivity contribution in [1.29, 1.82) is 0 Å². The second-order valence-corrected chi connectivity index (χ2v) is 13.0. The highest BCUT2D eigenvalue weighted by Gasteiger charge is 2.29. The Morgan fingerprint density at radius 2 is 1.83 bits per heavy atom. The van der Waals surface area contributed by atoms with Gasteiger partial charge in [0.25, 0.3) is 11.1 Å². The number of aliphatic hydroxyl groups is 1. The summed E-state index contributed by atoms with van der Waals surface area (Å²) in [6.45, 7) is 7.40. The van der Waals surface area contributed by atoms with Crippen molar-refractivity contribution in [3.05, 3.63) is 98.8 Å². The van der Waals surface area contributed by atoms with Crippen LogP contribution in [0.15, 0.2) is 70.9 Å². The first-order valence-electron chi connectivity index (χ1n) is 16.2. The number of anilines is 3. The number of ether oxygens (including phenoxy) is 1. The topological polar surface area (TPSA) is 122 Å². The lowest BCUT2D eigenvalue weighted by molar-refractivity contribution is -0.0660. The highest BCUT2D eigenvalue weighted by molar-refractivity contribution is 5.73. The van der Waals surface area contributed by atoms with Gasteiger partial charge in [0.05, 0.1) is 37.7 Å². The first kappa shape index (κ1) is 29.6. The van der Waals surface area contributed by atoms with Gasteiger partial charge in [0.1, 0.15) is 22.8 Å². The Hall–Kier alpha value is -4.78. The largest absolute Gasteiger partial charge is 0.392 e. The van der Waals surface area contributed by atoms with Crippen molar-refractivity contribution in [1.82, 2.24) is 28.4 Å². The molecule has 5 aromatic heterocycles. The molecule has 2 saturated heterocycles. The molecule has 2 fully saturated rings. The fourth-order valence-corrected chi connectivity index (χ4v) is 7.26. The van der Waals surface area contributed by atoms with Gasteiger partial charge in [0, 0.05) is 74.8 Å². The maximum absolute atomic E-state index is 13.7. The van der Waals surface area contributed by atoms with Gasteiger partial charge >= 0.3 is 0 Å². The lowest BCUT2D eigenvalue weighted by atomic mass is 10.0. The van der Waals surface area contributed by atoms with Crippen molar-refractivity contribution in [2.45, 2.75) is 32.4 Å². The van der Waals surface area contributed by atoms with Crippen LogP contribution in [0, 0.1) is 5.92 Å². The number of fused-ring (bicyclic) bond motifs is 3. The van der Waals surface area contributed by atoms with E-state index in [2.05, 4.69) is 32.0 Å². The quantitative estimate of drug-likeness (QED) is 0.278. The average molecular weight is 635 g/mol. The number of nitrogens with zero attached hydrogens (tertiary/aromatic N) is 7. The molecule has 1 aliphatic carbocycles. The highest BCUT2D eigenvalue weighted by atomic mass is 16.5. The predicted molar refractivity (Wildman–Crippen MR) is 180 cm³/mol. The van der Waals surface area contributed by atoms with Crippen LogP contribution in [0.25, 0.3) is 22.5 Å². The van der Waals surface area contributed by atoms with Gasteiger partial charge < -0.3 is 29.0 Å². The SMILES string of the molecule is CC1Cc2cc3c(=O)n(-c4nccc(-c5cc(Nc6ccc(N7CCN(C8COC8)CC7)cn6)c(=O)n(C)c5)c4CO)ccn3c2C1. The summed E-state index contributed by atoms with van der Waals surface area (Å²) in [5.41, 5.74) is 5.84. The summed E-state index contributed by atoms with van der Waals surface area (Å²) in [5, 5.41) is 13.8. The summed E-state index contributed by atoms with van der Waals surface area (Å²) >= 11 is 0. The Kier molecular flexibility index (Phi) is 7.42. The van der Waals surface area contributed by atoms with Gasteiger partial charge in [-0.15, -0.1) is 0 Å². The minimum atomic E-state index is -0.345. The molecule has 47 heavy (non-hydrogen) atoms. The summed E-state index contributed by atoms with van der Waals surface area (Å²) in [6.07, 6.45) is 10.7. The average Bonchev–Trinajstić information content (AvgIpc) is 3.59. The number of aliphatic hydroxyl groups excluding tert-OH is 1. The van der Waals surface area contributed by atoms with E-state index in [0.717, 1.165) is 57.9 Å². The third kappa shape index (κ3) is 5.22. The normalized spacial score (nSPS) is 18.4. The van der Waals surface area contributed by atoms with E-state index in [0.29, 0.717) is 51.5 Å². The Balaban J connectivity index is 1.07. The molecule has 5 aromatic rings. The van der Waals surface area contributed by atoms with Crippen molar-refractivity contribution < 1.29 is 9.84 Å². The molecule has 0 radical (unpaired) electrons. The maximum Gasteiger partial charge on any atom is 0.280 e. The molecule has 12 heteroatoms. The Morgan fingerprint density at radius 1 is 1.00 bits per heavy atom. The first-order chi connectivity index (χ1) is 22.9. The molecule has 2 N–H and O–H groups in total. The standard InChI is InChI=1S/C35H38N8O4/c1-22-13-23-16-31-35(46)43(12-11-42(31)30(23)14-22)33-28(19-44)27(5-6-36-33)24-15-29(34(45)39(2)18-24)38-32-4-3-25(17-37-32)40-7-9-41(10-8-40)26-20-47-21-26/h3-6,11-12,15-18,22,26,44H,7-10,13-14,19-21H2,1-2H3,(H,37,38). The zero-order valence-electron chi connectivity index (χ0n) is 26.6. The van der Waals surface area contributed by atoms with Crippen molar-refractivity contribution in [3.8, 4) is 16.9 Å². The van der Waals surface area contributed by atoms with Gasteiger partial charge in [0.15, 0.2) is 0 Å². The number of aryl methyl sites for hydroxylation is 1. The van der Waals surface area contributed by atoms with Crippen LogP contribution in [-0.4, -0.2) is 78.9 Å². The van der Waals surface area contributed by atoms with Crippen LogP contribution >= 0.6 is 0 Å². The van der Waals surface area contributed by atoms with Gasteiger partial charge in [-0.25, -0.2) is 9.97 Å². The van der Waals surface area contributed by atoms with Gasteiger partial charge in [0.2, 0.25) is 0 Å². The van der Waals surface area contributed by atoms with Crippen molar-refractivity contribution in [2.24, 2.45) is 13.0 Å². The fraction of sp³-hybridized carbons (Fsp3) is 0.371. The molecule has 7 heterocycles. The predicted octanol–water partition coefficient (Wildman–Crippen LogP) is 2.74. The molecule has 2 aliphatic heterocycles. The number of rotatable bonds is 7. The smallest absolute Gasteiger partial charge is 0.280 e. The Morgan fingerprint density at radius 3 is 2.55 bits per heavy atom. The Bertz CT molecular complexity index is 2090. The molecule has 1 unspecified atom stereocenters. The van der Waals surface area contributed by atoms with Crippen LogP contribution in [0.1, 0.15) is 23.7 Å².